The molecule has 152 valence electrons. The molecule has 2 aromatic rings. The quantitative estimate of drug-likeness (QED) is 0.211. The first-order chi connectivity index (χ1) is 13.9. The van der Waals surface area contributed by atoms with Crippen molar-refractivity contribution in [2.75, 3.05) is 33.4 Å². The van der Waals surface area contributed by atoms with Crippen molar-refractivity contribution < 1.29 is 23.9 Å². The number of para-hydroxylation sites is 1. The van der Waals surface area contributed by atoms with Gasteiger partial charge in [-0.3, -0.25) is 10.1 Å². The number of morpholine rings is 1. The Morgan fingerprint density at radius 3 is 2.62 bits per heavy atom. The first-order valence-electron chi connectivity index (χ1n) is 8.62. The predicted molar refractivity (Wildman–Crippen MR) is 113 cm³/mol. The summed E-state index contributed by atoms with van der Waals surface area (Å²) in [5, 5.41) is 11.2. The standard InChI is InChI=1S/C19H17BrN2O6S/c1-26-16-11-12(18(29)21-6-8-27-9-7-21)10-14(20)17(16)28-19(23)13-4-2-3-5-15(13)22(24)25/h2-5,10-11H,6-9H2,1H3. The van der Waals surface area contributed by atoms with Gasteiger partial charge in [0.25, 0.3) is 5.69 Å². The number of ether oxygens (including phenoxy) is 3. The molecular weight excluding hydrogens is 464 g/mol. The number of nitrogens with zero attached hydrogens (tertiary/aromatic N) is 2. The van der Waals surface area contributed by atoms with Gasteiger partial charge in [-0.25, -0.2) is 4.79 Å². The Morgan fingerprint density at radius 2 is 1.97 bits per heavy atom. The Labute approximate surface area is 180 Å². The van der Waals surface area contributed by atoms with Gasteiger partial charge in [-0.15, -0.1) is 0 Å². The fraction of sp³-hybridized carbons (Fsp3) is 0.263. The number of hydrogen-bond donors (Lipinski definition) is 0. The van der Waals surface area contributed by atoms with Crippen LogP contribution in [0.3, 0.4) is 0 Å². The molecule has 0 aromatic heterocycles. The summed E-state index contributed by atoms with van der Waals surface area (Å²) in [6.45, 7) is 2.58. The van der Waals surface area contributed by atoms with Crippen LogP contribution in [-0.4, -0.2) is 54.2 Å². The van der Waals surface area contributed by atoms with E-state index in [0.717, 1.165) is 5.56 Å². The molecule has 1 aliphatic rings. The lowest BCUT2D eigenvalue weighted by Gasteiger charge is -2.29. The maximum Gasteiger partial charge on any atom is 0.350 e. The highest BCUT2D eigenvalue weighted by Gasteiger charge is 2.25. The van der Waals surface area contributed by atoms with Gasteiger partial charge in [0.1, 0.15) is 10.6 Å². The number of hydrogen-bond acceptors (Lipinski definition) is 7. The summed E-state index contributed by atoms with van der Waals surface area (Å²) in [6, 6.07) is 8.98. The Balaban J connectivity index is 1.89. The fourth-order valence-electron chi connectivity index (χ4n) is 2.84. The number of nitro benzene ring substituents is 1. The molecule has 10 heteroatoms. The molecule has 0 N–H and O–H groups in total. The molecule has 1 saturated heterocycles. The second kappa shape index (κ2) is 9.29. The van der Waals surface area contributed by atoms with E-state index in [0.29, 0.717) is 35.8 Å². The molecule has 0 aliphatic carbocycles. The summed E-state index contributed by atoms with van der Waals surface area (Å²) >= 11 is 8.96. The molecule has 3 rings (SSSR count). The van der Waals surface area contributed by atoms with Crippen LogP contribution in [0.2, 0.25) is 0 Å². The minimum atomic E-state index is -0.861. The third-order valence-corrected chi connectivity index (χ3v) is 5.37. The molecule has 8 nitrogen and oxygen atoms in total. The van der Waals surface area contributed by atoms with Gasteiger partial charge in [-0.05, 0) is 34.1 Å². The first kappa shape index (κ1) is 21.2. The maximum atomic E-state index is 12.6. The smallest absolute Gasteiger partial charge is 0.350 e. The highest BCUT2D eigenvalue weighted by molar-refractivity contribution is 9.10. The van der Waals surface area contributed by atoms with E-state index in [9.17, 15) is 14.9 Å². The Kier molecular flexibility index (Phi) is 6.78. The summed E-state index contributed by atoms with van der Waals surface area (Å²) < 4.78 is 16.6. The zero-order valence-corrected chi connectivity index (χ0v) is 17.8. The summed E-state index contributed by atoms with van der Waals surface area (Å²) in [5.41, 5.74) is 0.230. The van der Waals surface area contributed by atoms with E-state index in [1.807, 2.05) is 4.90 Å². The van der Waals surface area contributed by atoms with Gasteiger partial charge < -0.3 is 19.1 Å². The third-order valence-electron chi connectivity index (χ3n) is 4.29. The largest absolute Gasteiger partial charge is 0.493 e. The second-order valence-electron chi connectivity index (χ2n) is 6.06. The van der Waals surface area contributed by atoms with Crippen LogP contribution in [0.5, 0.6) is 11.5 Å². The van der Waals surface area contributed by atoms with E-state index >= 15 is 0 Å². The van der Waals surface area contributed by atoms with Gasteiger partial charge in [-0.2, -0.15) is 0 Å². The van der Waals surface area contributed by atoms with Crippen molar-refractivity contribution in [3.63, 3.8) is 0 Å². The van der Waals surface area contributed by atoms with E-state index in [-0.39, 0.29) is 22.7 Å². The lowest BCUT2D eigenvalue weighted by Crippen LogP contribution is -2.40. The van der Waals surface area contributed by atoms with Crippen molar-refractivity contribution in [3.05, 3.63) is 62.1 Å². The number of nitro groups is 1. The molecule has 1 aliphatic heterocycles. The number of halogens is 1. The molecule has 0 bridgehead atoms. The highest BCUT2D eigenvalue weighted by atomic mass is 79.9. The van der Waals surface area contributed by atoms with Crippen LogP contribution in [0.15, 0.2) is 40.9 Å². The molecule has 0 radical (unpaired) electrons. The molecule has 0 amide bonds. The van der Waals surface area contributed by atoms with Gasteiger partial charge >= 0.3 is 5.97 Å². The van der Waals surface area contributed by atoms with Crippen LogP contribution < -0.4 is 9.47 Å². The van der Waals surface area contributed by atoms with Gasteiger partial charge in [-0.1, -0.05) is 24.4 Å². The summed E-state index contributed by atoms with van der Waals surface area (Å²) in [5.74, 6) is -0.471. The number of esters is 1. The van der Waals surface area contributed by atoms with E-state index in [4.69, 9.17) is 26.4 Å². The maximum absolute atomic E-state index is 12.6. The van der Waals surface area contributed by atoms with Crippen LogP contribution >= 0.6 is 28.1 Å². The zero-order valence-electron chi connectivity index (χ0n) is 15.4. The Hall–Kier alpha value is -2.56. The molecular formula is C19H17BrN2O6S. The number of thiocarbonyl (C=S) groups is 1. The topological polar surface area (TPSA) is 91.1 Å². The van der Waals surface area contributed by atoms with Gasteiger partial charge in [0.15, 0.2) is 11.5 Å². The third kappa shape index (κ3) is 4.72. The molecule has 0 unspecified atom stereocenters. The highest BCUT2D eigenvalue weighted by Crippen LogP contribution is 2.38. The van der Waals surface area contributed by atoms with Gasteiger partial charge in [0.2, 0.25) is 0 Å². The lowest BCUT2D eigenvalue weighted by atomic mass is 10.1. The minimum Gasteiger partial charge on any atom is -0.493 e. The first-order valence-corrected chi connectivity index (χ1v) is 9.82. The number of carbonyl (C=O) groups excluding carboxylic acids is 1. The number of rotatable bonds is 5. The van der Waals surface area contributed by atoms with E-state index < -0.39 is 10.9 Å². The minimum absolute atomic E-state index is 0.115. The van der Waals surface area contributed by atoms with Crippen LogP contribution in [0.4, 0.5) is 5.69 Å². The number of carbonyl (C=O) groups is 1. The molecule has 0 saturated carbocycles. The average molecular weight is 481 g/mol. The Bertz CT molecular complexity index is 962. The monoisotopic (exact) mass is 480 g/mol. The van der Waals surface area contributed by atoms with Crippen molar-refractivity contribution in [1.82, 2.24) is 4.90 Å². The fourth-order valence-corrected chi connectivity index (χ4v) is 3.67. The van der Waals surface area contributed by atoms with Crippen molar-refractivity contribution in [3.8, 4) is 11.5 Å². The molecule has 0 atom stereocenters. The predicted octanol–water partition coefficient (Wildman–Crippen LogP) is 3.59. The molecule has 1 heterocycles. The average Bonchev–Trinajstić information content (AvgIpc) is 2.74. The van der Waals surface area contributed by atoms with Gasteiger partial charge in [0, 0.05) is 24.7 Å². The normalized spacial score (nSPS) is 13.7. The van der Waals surface area contributed by atoms with Crippen molar-refractivity contribution >= 4 is 44.8 Å². The molecule has 29 heavy (non-hydrogen) atoms. The van der Waals surface area contributed by atoms with E-state index in [1.54, 1.807) is 12.1 Å². The summed E-state index contributed by atoms with van der Waals surface area (Å²) in [6.07, 6.45) is 0. The number of methoxy groups -OCH3 is 1. The van der Waals surface area contributed by atoms with Crippen molar-refractivity contribution in [2.45, 2.75) is 0 Å². The zero-order chi connectivity index (χ0) is 21.0. The van der Waals surface area contributed by atoms with Crippen LogP contribution in [0.25, 0.3) is 0 Å². The van der Waals surface area contributed by atoms with E-state index in [1.165, 1.54) is 31.4 Å². The Morgan fingerprint density at radius 1 is 1.28 bits per heavy atom. The summed E-state index contributed by atoms with van der Waals surface area (Å²) in [7, 11) is 1.44. The van der Waals surface area contributed by atoms with Crippen LogP contribution in [0, 0.1) is 10.1 Å². The second-order valence-corrected chi connectivity index (χ2v) is 7.30. The van der Waals surface area contributed by atoms with E-state index in [2.05, 4.69) is 15.9 Å². The SMILES string of the molecule is COc1cc(C(=S)N2CCOCC2)cc(Br)c1OC(=O)c1ccccc1[N+](=O)[O-]. The molecule has 1 fully saturated rings. The lowest BCUT2D eigenvalue weighted by molar-refractivity contribution is -0.385. The van der Waals surface area contributed by atoms with Crippen molar-refractivity contribution in [1.29, 1.82) is 0 Å². The van der Waals surface area contributed by atoms with Crippen molar-refractivity contribution in [2.24, 2.45) is 0 Å². The number of benzene rings is 2. The molecule has 0 spiro atoms. The van der Waals surface area contributed by atoms with Crippen LogP contribution in [0.1, 0.15) is 15.9 Å². The van der Waals surface area contributed by atoms with Crippen LogP contribution in [-0.2, 0) is 4.74 Å². The summed E-state index contributed by atoms with van der Waals surface area (Å²) in [4.78, 5) is 25.8. The van der Waals surface area contributed by atoms with Gasteiger partial charge in [0.05, 0.1) is 29.7 Å². The molecule has 2 aromatic carbocycles.